The average Bonchev–Trinajstić information content (AvgIpc) is 3.56. The number of fused-ring (bicyclic) bond motifs is 2. The molecule has 0 spiro atoms. The van der Waals surface area contributed by atoms with Gasteiger partial charge in [-0.3, -0.25) is 14.9 Å². The number of H-pyrrole nitrogens is 2. The molecule has 1 fully saturated rings. The SMILES string of the molecule is CCCCC(=O)Nc1cncc(-c2ccc3[nH]nc(-c4cc5c(N6CCCCC6)cccc5[nH]4)c3n2)c1. The Morgan fingerprint density at radius 1 is 1.05 bits per heavy atom. The molecule has 0 aliphatic carbocycles. The minimum absolute atomic E-state index is 0.00376. The molecular weight excluding hydrogens is 462 g/mol. The standard InChI is InChI=1S/C29H31N7O/c1-2-3-10-27(37)31-20-15-19(17-30-18-20)22-11-12-24-28(33-22)29(35-34-24)25-16-21-23(32-25)8-7-9-26(21)36-13-5-4-6-14-36/h7-9,11-12,15-18,32H,2-6,10,13-14H2,1H3,(H,31,37)(H,34,35). The van der Waals surface area contributed by atoms with E-state index in [2.05, 4.69) is 61.6 Å². The summed E-state index contributed by atoms with van der Waals surface area (Å²) in [5, 5.41) is 11.9. The van der Waals surface area contributed by atoms with Crippen molar-refractivity contribution >= 4 is 39.2 Å². The number of nitrogens with zero attached hydrogens (tertiary/aromatic N) is 4. The molecule has 0 bridgehead atoms. The van der Waals surface area contributed by atoms with Gasteiger partial charge in [-0.05, 0) is 62.1 Å². The fourth-order valence-electron chi connectivity index (χ4n) is 5.13. The van der Waals surface area contributed by atoms with Gasteiger partial charge in [0.25, 0.3) is 0 Å². The smallest absolute Gasteiger partial charge is 0.224 e. The summed E-state index contributed by atoms with van der Waals surface area (Å²) in [5.74, 6) is 0.00376. The summed E-state index contributed by atoms with van der Waals surface area (Å²) in [6, 6.07) is 14.5. The van der Waals surface area contributed by atoms with Gasteiger partial charge < -0.3 is 15.2 Å². The Balaban J connectivity index is 1.34. The molecule has 1 aliphatic rings. The summed E-state index contributed by atoms with van der Waals surface area (Å²) >= 11 is 0. The Morgan fingerprint density at radius 2 is 1.95 bits per heavy atom. The van der Waals surface area contributed by atoms with Crippen LogP contribution in [0.3, 0.4) is 0 Å². The lowest BCUT2D eigenvalue weighted by molar-refractivity contribution is -0.116. The van der Waals surface area contributed by atoms with Crippen molar-refractivity contribution in [2.45, 2.75) is 45.4 Å². The number of unbranched alkanes of at least 4 members (excludes halogenated alkanes) is 1. The molecule has 1 amide bonds. The molecule has 0 atom stereocenters. The van der Waals surface area contributed by atoms with Crippen LogP contribution in [0.25, 0.3) is 44.6 Å². The van der Waals surface area contributed by atoms with Crippen LogP contribution >= 0.6 is 0 Å². The predicted molar refractivity (Wildman–Crippen MR) is 149 cm³/mol. The van der Waals surface area contributed by atoms with Crippen molar-refractivity contribution in [2.24, 2.45) is 0 Å². The number of aromatic amines is 2. The second kappa shape index (κ2) is 10.0. The summed E-state index contributed by atoms with van der Waals surface area (Å²) in [6.45, 7) is 4.27. The second-order valence-corrected chi connectivity index (χ2v) is 9.75. The first-order valence-corrected chi connectivity index (χ1v) is 13.2. The van der Waals surface area contributed by atoms with Crippen LogP contribution in [0.1, 0.15) is 45.4 Å². The summed E-state index contributed by atoms with van der Waals surface area (Å²) < 4.78 is 0. The number of carbonyl (C=O) groups is 1. The lowest BCUT2D eigenvalue weighted by atomic mass is 10.1. The Labute approximate surface area is 215 Å². The zero-order valence-corrected chi connectivity index (χ0v) is 21.1. The van der Waals surface area contributed by atoms with Gasteiger partial charge in [0.15, 0.2) is 0 Å². The highest BCUT2D eigenvalue weighted by Gasteiger charge is 2.18. The Morgan fingerprint density at radius 3 is 2.81 bits per heavy atom. The van der Waals surface area contributed by atoms with Gasteiger partial charge in [-0.2, -0.15) is 5.10 Å². The highest BCUT2D eigenvalue weighted by Crippen LogP contribution is 2.34. The highest BCUT2D eigenvalue weighted by atomic mass is 16.1. The second-order valence-electron chi connectivity index (χ2n) is 9.75. The number of nitrogens with one attached hydrogen (secondary N) is 3. The van der Waals surface area contributed by atoms with E-state index < -0.39 is 0 Å². The molecule has 188 valence electrons. The zero-order valence-electron chi connectivity index (χ0n) is 21.1. The van der Waals surface area contributed by atoms with Crippen LogP contribution in [0.2, 0.25) is 0 Å². The van der Waals surface area contributed by atoms with Crippen molar-refractivity contribution < 1.29 is 4.79 Å². The maximum absolute atomic E-state index is 12.2. The molecule has 5 aromatic rings. The fourth-order valence-corrected chi connectivity index (χ4v) is 5.13. The molecule has 1 aliphatic heterocycles. The molecule has 6 rings (SSSR count). The Hall–Kier alpha value is -4.20. The van der Waals surface area contributed by atoms with Crippen molar-refractivity contribution in [3.05, 3.63) is 54.9 Å². The maximum Gasteiger partial charge on any atom is 0.224 e. The number of carbonyl (C=O) groups excluding carboxylic acids is 1. The fraction of sp³-hybridized carbons (Fsp3) is 0.310. The van der Waals surface area contributed by atoms with Gasteiger partial charge in [-0.15, -0.1) is 0 Å². The van der Waals surface area contributed by atoms with Crippen LogP contribution < -0.4 is 10.2 Å². The number of benzene rings is 1. The average molecular weight is 494 g/mol. The van der Waals surface area contributed by atoms with Gasteiger partial charge in [-0.25, -0.2) is 4.98 Å². The Bertz CT molecular complexity index is 1560. The van der Waals surface area contributed by atoms with E-state index in [-0.39, 0.29) is 5.91 Å². The van der Waals surface area contributed by atoms with E-state index in [0.29, 0.717) is 12.1 Å². The quantitative estimate of drug-likeness (QED) is 0.247. The van der Waals surface area contributed by atoms with Crippen LogP contribution in [0.4, 0.5) is 11.4 Å². The topological polar surface area (TPSA) is 103 Å². The van der Waals surface area contributed by atoms with Crippen LogP contribution in [-0.2, 0) is 4.79 Å². The van der Waals surface area contributed by atoms with Crippen LogP contribution in [0.5, 0.6) is 0 Å². The predicted octanol–water partition coefficient (Wildman–Crippen LogP) is 6.29. The zero-order chi connectivity index (χ0) is 25.2. The summed E-state index contributed by atoms with van der Waals surface area (Å²) in [7, 11) is 0. The van der Waals surface area contributed by atoms with Crippen molar-refractivity contribution in [3.8, 4) is 22.6 Å². The van der Waals surface area contributed by atoms with Crippen LogP contribution in [0.15, 0.2) is 54.9 Å². The first-order chi connectivity index (χ1) is 18.2. The molecule has 1 saturated heterocycles. The van der Waals surface area contributed by atoms with Crippen molar-refractivity contribution in [1.29, 1.82) is 0 Å². The van der Waals surface area contributed by atoms with Crippen molar-refractivity contribution in [1.82, 2.24) is 25.1 Å². The van der Waals surface area contributed by atoms with E-state index >= 15 is 0 Å². The van der Waals surface area contributed by atoms with E-state index in [9.17, 15) is 4.79 Å². The molecule has 0 radical (unpaired) electrons. The lowest BCUT2D eigenvalue weighted by Gasteiger charge is -2.29. The minimum Gasteiger partial charge on any atom is -0.371 e. The van der Waals surface area contributed by atoms with Crippen molar-refractivity contribution in [3.63, 3.8) is 0 Å². The third kappa shape index (κ3) is 4.67. The molecule has 3 N–H and O–H groups in total. The van der Waals surface area contributed by atoms with Crippen LogP contribution in [-0.4, -0.2) is 44.1 Å². The summed E-state index contributed by atoms with van der Waals surface area (Å²) in [5.41, 5.74) is 8.04. The molecule has 8 nitrogen and oxygen atoms in total. The highest BCUT2D eigenvalue weighted by molar-refractivity contribution is 5.99. The number of rotatable bonds is 7. The maximum atomic E-state index is 12.2. The van der Waals surface area contributed by atoms with Gasteiger partial charge in [-0.1, -0.05) is 19.4 Å². The lowest BCUT2D eigenvalue weighted by Crippen LogP contribution is -2.29. The normalized spacial score (nSPS) is 13.9. The number of aromatic nitrogens is 5. The van der Waals surface area contributed by atoms with Gasteiger partial charge in [0.05, 0.1) is 28.8 Å². The minimum atomic E-state index is 0.00376. The van der Waals surface area contributed by atoms with E-state index in [1.807, 2.05) is 18.2 Å². The summed E-state index contributed by atoms with van der Waals surface area (Å²) in [4.78, 5) is 27.5. The molecular formula is C29H31N7O. The number of piperidine rings is 1. The Kier molecular flexibility index (Phi) is 6.30. The monoisotopic (exact) mass is 493 g/mol. The third-order valence-corrected chi connectivity index (χ3v) is 7.08. The first kappa shape index (κ1) is 23.2. The molecule has 8 heteroatoms. The number of pyridine rings is 2. The number of hydrogen-bond acceptors (Lipinski definition) is 5. The molecule has 0 saturated carbocycles. The first-order valence-electron chi connectivity index (χ1n) is 13.2. The molecule has 5 heterocycles. The van der Waals surface area contributed by atoms with Gasteiger partial charge in [0, 0.05) is 47.9 Å². The van der Waals surface area contributed by atoms with E-state index in [4.69, 9.17) is 4.98 Å². The number of anilines is 2. The number of amides is 1. The third-order valence-electron chi connectivity index (χ3n) is 7.08. The van der Waals surface area contributed by atoms with Gasteiger partial charge in [0.1, 0.15) is 11.2 Å². The largest absolute Gasteiger partial charge is 0.371 e. The van der Waals surface area contributed by atoms with Gasteiger partial charge >= 0.3 is 0 Å². The van der Waals surface area contributed by atoms with Crippen LogP contribution in [0, 0.1) is 0 Å². The molecule has 37 heavy (non-hydrogen) atoms. The van der Waals surface area contributed by atoms with E-state index in [1.54, 1.807) is 12.4 Å². The van der Waals surface area contributed by atoms with E-state index in [1.165, 1.54) is 30.3 Å². The molecule has 1 aromatic carbocycles. The van der Waals surface area contributed by atoms with Crippen molar-refractivity contribution in [2.75, 3.05) is 23.3 Å². The summed E-state index contributed by atoms with van der Waals surface area (Å²) in [6.07, 6.45) is 9.58. The van der Waals surface area contributed by atoms with Gasteiger partial charge in [0.2, 0.25) is 5.91 Å². The molecule has 4 aromatic heterocycles. The number of hydrogen-bond donors (Lipinski definition) is 3. The molecule has 0 unspecified atom stereocenters. The van der Waals surface area contributed by atoms with E-state index in [0.717, 1.165) is 65.1 Å².